The van der Waals surface area contributed by atoms with Crippen LogP contribution in [0.3, 0.4) is 0 Å². The molecule has 1 aromatic carbocycles. The highest BCUT2D eigenvalue weighted by Gasteiger charge is 2.26. The fraction of sp³-hybridized carbons (Fsp3) is 0.538. The minimum absolute atomic E-state index is 0.252. The van der Waals surface area contributed by atoms with E-state index in [1.807, 2.05) is 18.2 Å². The number of para-hydroxylation sites is 1. The third-order valence-corrected chi connectivity index (χ3v) is 4.39. The van der Waals surface area contributed by atoms with E-state index in [0.29, 0.717) is 15.7 Å². The van der Waals surface area contributed by atoms with Crippen molar-refractivity contribution in [2.24, 2.45) is 5.92 Å². The van der Waals surface area contributed by atoms with E-state index in [0.717, 1.165) is 5.75 Å². The van der Waals surface area contributed by atoms with Gasteiger partial charge in [0.2, 0.25) is 0 Å². The maximum absolute atomic E-state index is 5.89. The van der Waals surface area contributed by atoms with Gasteiger partial charge in [-0.15, -0.1) is 0 Å². The molecule has 0 aliphatic carbocycles. The van der Waals surface area contributed by atoms with Crippen LogP contribution in [0.15, 0.2) is 24.3 Å². The Hall–Kier alpha value is -0.763. The van der Waals surface area contributed by atoms with E-state index in [2.05, 4.69) is 40.7 Å². The Morgan fingerprint density at radius 2 is 1.80 bits per heavy atom. The zero-order chi connectivity index (χ0) is 11.5. The van der Waals surface area contributed by atoms with Crippen LogP contribution in [-0.4, -0.2) is 9.76 Å². The standard InChI is InChI=1S/C13H20OSi/c1-10(2)13(4,5)15-14-12-9-7-6-8-11(12)3/h6-10H,1-5H3. The molecule has 0 aliphatic rings. The first kappa shape index (κ1) is 12.3. The second kappa shape index (κ2) is 4.84. The molecule has 0 amide bonds. The van der Waals surface area contributed by atoms with Crippen LogP contribution in [0.25, 0.3) is 0 Å². The number of hydrogen-bond donors (Lipinski definition) is 0. The zero-order valence-corrected chi connectivity index (χ0v) is 11.3. The van der Waals surface area contributed by atoms with Gasteiger partial charge in [-0.1, -0.05) is 45.9 Å². The molecule has 2 radical (unpaired) electrons. The molecule has 0 saturated carbocycles. The average Bonchev–Trinajstić information content (AvgIpc) is 2.16. The normalized spacial score (nSPS) is 11.9. The Bertz CT molecular complexity index is 318. The lowest BCUT2D eigenvalue weighted by atomic mass is 9.99. The number of aryl methyl sites for hydroxylation is 1. The summed E-state index contributed by atoms with van der Waals surface area (Å²) in [6.07, 6.45) is 0. The van der Waals surface area contributed by atoms with Gasteiger partial charge in [0.15, 0.2) is 0 Å². The Labute approximate surface area is 95.8 Å². The summed E-state index contributed by atoms with van der Waals surface area (Å²) < 4.78 is 5.89. The van der Waals surface area contributed by atoms with Gasteiger partial charge < -0.3 is 4.43 Å². The van der Waals surface area contributed by atoms with Crippen molar-refractivity contribution in [2.45, 2.75) is 39.7 Å². The third-order valence-electron chi connectivity index (χ3n) is 2.96. The molecule has 0 aromatic heterocycles. The van der Waals surface area contributed by atoms with Crippen LogP contribution in [0.1, 0.15) is 33.3 Å². The summed E-state index contributed by atoms with van der Waals surface area (Å²) >= 11 is 0. The SMILES string of the molecule is Cc1ccccc1O[Si]C(C)(C)C(C)C. The smallest absolute Gasteiger partial charge is 0.317 e. The molecule has 0 N–H and O–H groups in total. The van der Waals surface area contributed by atoms with Crippen LogP contribution in [-0.2, 0) is 0 Å². The molecule has 0 saturated heterocycles. The van der Waals surface area contributed by atoms with E-state index in [1.54, 1.807) is 0 Å². The van der Waals surface area contributed by atoms with Crippen molar-refractivity contribution in [3.05, 3.63) is 29.8 Å². The minimum atomic E-state index is 0.252. The van der Waals surface area contributed by atoms with E-state index in [4.69, 9.17) is 4.43 Å². The summed E-state index contributed by atoms with van der Waals surface area (Å²) in [7, 11) is 0.513. The van der Waals surface area contributed by atoms with Gasteiger partial charge >= 0.3 is 9.76 Å². The summed E-state index contributed by atoms with van der Waals surface area (Å²) in [5, 5.41) is 0.252. The van der Waals surface area contributed by atoms with Gasteiger partial charge in [-0.2, -0.15) is 0 Å². The third kappa shape index (κ3) is 3.38. The highest BCUT2D eigenvalue weighted by Crippen LogP contribution is 2.33. The molecular formula is C13H20OSi. The molecule has 0 aliphatic heterocycles. The topological polar surface area (TPSA) is 9.23 Å². The highest BCUT2D eigenvalue weighted by atomic mass is 28.2. The van der Waals surface area contributed by atoms with Crippen molar-refractivity contribution in [3.8, 4) is 5.75 Å². The Balaban J connectivity index is 2.62. The molecule has 2 heteroatoms. The largest absolute Gasteiger partial charge is 0.540 e. The Kier molecular flexibility index (Phi) is 3.97. The molecular weight excluding hydrogens is 200 g/mol. The van der Waals surface area contributed by atoms with Gasteiger partial charge in [0.05, 0.1) is 0 Å². The van der Waals surface area contributed by atoms with Crippen molar-refractivity contribution in [1.82, 2.24) is 0 Å². The first-order chi connectivity index (χ1) is 6.93. The second-order valence-electron chi connectivity index (χ2n) is 4.85. The van der Waals surface area contributed by atoms with Crippen molar-refractivity contribution >= 4 is 9.76 Å². The summed E-state index contributed by atoms with van der Waals surface area (Å²) in [6.45, 7) is 11.1. The summed E-state index contributed by atoms with van der Waals surface area (Å²) in [4.78, 5) is 0. The van der Waals surface area contributed by atoms with Gasteiger partial charge in [-0.3, -0.25) is 0 Å². The molecule has 0 spiro atoms. The maximum atomic E-state index is 5.89. The number of benzene rings is 1. The van der Waals surface area contributed by atoms with Crippen molar-refractivity contribution in [2.75, 3.05) is 0 Å². The minimum Gasteiger partial charge on any atom is -0.540 e. The number of hydrogen-bond acceptors (Lipinski definition) is 1. The lowest BCUT2D eigenvalue weighted by Crippen LogP contribution is -2.24. The van der Waals surface area contributed by atoms with Crippen LogP contribution in [0.5, 0.6) is 5.75 Å². The zero-order valence-electron chi connectivity index (χ0n) is 10.3. The summed E-state index contributed by atoms with van der Waals surface area (Å²) in [6, 6.07) is 8.19. The monoisotopic (exact) mass is 220 g/mol. The molecule has 1 nitrogen and oxygen atoms in total. The Morgan fingerprint density at radius 1 is 1.20 bits per heavy atom. The fourth-order valence-electron chi connectivity index (χ4n) is 0.975. The van der Waals surface area contributed by atoms with E-state index in [9.17, 15) is 0 Å². The fourth-order valence-corrected chi connectivity index (χ4v) is 1.81. The van der Waals surface area contributed by atoms with Gasteiger partial charge in [0, 0.05) is 0 Å². The molecule has 1 rings (SSSR count). The molecule has 0 bridgehead atoms. The summed E-state index contributed by atoms with van der Waals surface area (Å²) in [5.74, 6) is 1.66. The molecule has 0 unspecified atom stereocenters. The molecule has 82 valence electrons. The van der Waals surface area contributed by atoms with Crippen LogP contribution in [0.2, 0.25) is 5.04 Å². The molecule has 0 heterocycles. The maximum Gasteiger partial charge on any atom is 0.317 e. The average molecular weight is 220 g/mol. The highest BCUT2D eigenvalue weighted by molar-refractivity contribution is 6.33. The van der Waals surface area contributed by atoms with E-state index >= 15 is 0 Å². The second-order valence-corrected chi connectivity index (χ2v) is 6.54. The predicted molar refractivity (Wildman–Crippen MR) is 66.4 cm³/mol. The lowest BCUT2D eigenvalue weighted by Gasteiger charge is -2.27. The molecule has 1 aromatic rings. The first-order valence-corrected chi connectivity index (χ1v) is 6.34. The Morgan fingerprint density at radius 3 is 2.33 bits per heavy atom. The van der Waals surface area contributed by atoms with Crippen LogP contribution in [0, 0.1) is 12.8 Å². The van der Waals surface area contributed by atoms with Crippen molar-refractivity contribution < 1.29 is 4.43 Å². The van der Waals surface area contributed by atoms with Crippen molar-refractivity contribution in [3.63, 3.8) is 0 Å². The lowest BCUT2D eigenvalue weighted by molar-refractivity contribution is 0.427. The van der Waals surface area contributed by atoms with Crippen LogP contribution >= 0.6 is 0 Å². The van der Waals surface area contributed by atoms with E-state index < -0.39 is 0 Å². The summed E-state index contributed by atoms with van der Waals surface area (Å²) in [5.41, 5.74) is 1.21. The first-order valence-electron chi connectivity index (χ1n) is 5.43. The van der Waals surface area contributed by atoms with Crippen LogP contribution in [0.4, 0.5) is 0 Å². The molecule has 15 heavy (non-hydrogen) atoms. The quantitative estimate of drug-likeness (QED) is 0.700. The van der Waals surface area contributed by atoms with Gasteiger partial charge in [0.1, 0.15) is 5.75 Å². The van der Waals surface area contributed by atoms with E-state index in [1.165, 1.54) is 5.56 Å². The van der Waals surface area contributed by atoms with Crippen LogP contribution < -0.4 is 4.43 Å². The van der Waals surface area contributed by atoms with Gasteiger partial charge in [0.25, 0.3) is 0 Å². The van der Waals surface area contributed by atoms with E-state index in [-0.39, 0.29) is 5.04 Å². The van der Waals surface area contributed by atoms with Gasteiger partial charge in [-0.05, 0) is 29.5 Å². The predicted octanol–water partition coefficient (Wildman–Crippen LogP) is 3.85. The molecule has 0 atom stereocenters. The van der Waals surface area contributed by atoms with Gasteiger partial charge in [-0.25, -0.2) is 0 Å². The van der Waals surface area contributed by atoms with Crippen molar-refractivity contribution in [1.29, 1.82) is 0 Å². The molecule has 0 fully saturated rings. The number of rotatable bonds is 4.